The van der Waals surface area contributed by atoms with Crippen LogP contribution in [0.5, 0.6) is 0 Å². The van der Waals surface area contributed by atoms with E-state index in [9.17, 15) is 14.4 Å². The second-order valence-corrected chi connectivity index (χ2v) is 4.70. The molecule has 116 valence electrons. The number of esters is 1. The largest absolute Gasteiger partial charge is 0.469 e. The van der Waals surface area contributed by atoms with Crippen molar-refractivity contribution in [2.45, 2.75) is 19.4 Å². The molecule has 7 heteroatoms. The zero-order valence-electron chi connectivity index (χ0n) is 12.2. The van der Waals surface area contributed by atoms with E-state index in [1.807, 2.05) is 6.07 Å². The zero-order valence-corrected chi connectivity index (χ0v) is 12.2. The van der Waals surface area contributed by atoms with E-state index < -0.39 is 0 Å². The van der Waals surface area contributed by atoms with Gasteiger partial charge in [0.05, 0.1) is 24.3 Å². The lowest BCUT2D eigenvalue weighted by atomic mass is 10.3. The molecule has 0 fully saturated rings. The van der Waals surface area contributed by atoms with Gasteiger partial charge in [0.2, 0.25) is 5.91 Å². The monoisotopic (exact) mass is 303 g/mol. The Balaban J connectivity index is 1.99. The number of hydrogen-bond donors (Lipinski definition) is 1. The average molecular weight is 303 g/mol. The van der Waals surface area contributed by atoms with E-state index in [2.05, 4.69) is 15.0 Å². The highest BCUT2D eigenvalue weighted by Gasteiger charge is 2.08. The maximum absolute atomic E-state index is 11.9. The number of carbonyl (C=O) groups is 2. The smallest absolute Gasteiger partial charge is 0.305 e. The molecule has 22 heavy (non-hydrogen) atoms. The zero-order chi connectivity index (χ0) is 15.9. The van der Waals surface area contributed by atoms with E-state index in [4.69, 9.17) is 0 Å². The summed E-state index contributed by atoms with van der Waals surface area (Å²) in [7, 11) is 1.32. The molecule has 0 atom stereocenters. The number of para-hydroxylation sites is 2. The van der Waals surface area contributed by atoms with Crippen LogP contribution >= 0.6 is 0 Å². The molecular formula is C15H17N3O4. The molecule has 0 radical (unpaired) electrons. The number of nitrogens with zero attached hydrogens (tertiary/aromatic N) is 2. The van der Waals surface area contributed by atoms with Gasteiger partial charge in [-0.25, -0.2) is 4.98 Å². The van der Waals surface area contributed by atoms with Crippen LogP contribution in [0.3, 0.4) is 0 Å². The summed E-state index contributed by atoms with van der Waals surface area (Å²) in [6.07, 6.45) is 1.94. The van der Waals surface area contributed by atoms with Crippen LogP contribution in [0.4, 0.5) is 0 Å². The Morgan fingerprint density at radius 2 is 2.09 bits per heavy atom. The summed E-state index contributed by atoms with van der Waals surface area (Å²) in [5.74, 6) is -0.603. The third kappa shape index (κ3) is 3.91. The molecular weight excluding hydrogens is 286 g/mol. The molecule has 1 aromatic heterocycles. The first-order valence-electron chi connectivity index (χ1n) is 6.90. The molecule has 0 bridgehead atoms. The summed E-state index contributed by atoms with van der Waals surface area (Å²) < 4.78 is 5.89. The number of fused-ring (bicyclic) bond motifs is 1. The highest BCUT2D eigenvalue weighted by Crippen LogP contribution is 2.07. The third-order valence-electron chi connectivity index (χ3n) is 3.16. The summed E-state index contributed by atoms with van der Waals surface area (Å²) in [6, 6.07) is 7.12. The van der Waals surface area contributed by atoms with Gasteiger partial charge in [0.25, 0.3) is 5.56 Å². The maximum atomic E-state index is 11.9. The van der Waals surface area contributed by atoms with Crippen molar-refractivity contribution in [2.75, 3.05) is 13.7 Å². The minimum absolute atomic E-state index is 0.0832. The fourth-order valence-corrected chi connectivity index (χ4v) is 2.04. The van der Waals surface area contributed by atoms with Crippen molar-refractivity contribution in [1.82, 2.24) is 14.9 Å². The number of aromatic nitrogens is 2. The third-order valence-corrected chi connectivity index (χ3v) is 3.16. The lowest BCUT2D eigenvalue weighted by molar-refractivity contribution is -0.140. The van der Waals surface area contributed by atoms with Gasteiger partial charge in [-0.15, -0.1) is 0 Å². The first-order valence-corrected chi connectivity index (χ1v) is 6.90. The topological polar surface area (TPSA) is 90.3 Å². The van der Waals surface area contributed by atoms with Crippen LogP contribution in [0.2, 0.25) is 0 Å². The fourth-order valence-electron chi connectivity index (χ4n) is 2.04. The molecule has 2 aromatic rings. The van der Waals surface area contributed by atoms with Crippen LogP contribution < -0.4 is 10.9 Å². The number of hydrogen-bond acceptors (Lipinski definition) is 5. The summed E-state index contributed by atoms with van der Waals surface area (Å²) in [5, 5.41) is 2.68. The van der Waals surface area contributed by atoms with Gasteiger partial charge in [0, 0.05) is 13.0 Å². The van der Waals surface area contributed by atoms with Crippen LogP contribution in [0.25, 0.3) is 11.0 Å². The Labute approximate surface area is 126 Å². The Morgan fingerprint density at radius 1 is 1.32 bits per heavy atom. The molecule has 1 N–H and O–H groups in total. The van der Waals surface area contributed by atoms with E-state index in [1.165, 1.54) is 17.9 Å². The van der Waals surface area contributed by atoms with Crippen molar-refractivity contribution in [1.29, 1.82) is 0 Å². The van der Waals surface area contributed by atoms with Crippen molar-refractivity contribution in [2.24, 2.45) is 0 Å². The van der Waals surface area contributed by atoms with Gasteiger partial charge >= 0.3 is 5.97 Å². The molecule has 0 aliphatic heterocycles. The summed E-state index contributed by atoms with van der Waals surface area (Å²) >= 11 is 0. The van der Waals surface area contributed by atoms with Gasteiger partial charge < -0.3 is 10.1 Å². The highest BCUT2D eigenvalue weighted by atomic mass is 16.5. The fraction of sp³-hybridized carbons (Fsp3) is 0.333. The number of ether oxygens (including phenoxy) is 1. The summed E-state index contributed by atoms with van der Waals surface area (Å²) in [6.45, 7) is 0.270. The highest BCUT2D eigenvalue weighted by molar-refractivity contribution is 5.80. The molecule has 1 amide bonds. The molecule has 1 heterocycles. The Morgan fingerprint density at radius 3 is 2.86 bits per heavy atom. The molecule has 2 rings (SSSR count). The van der Waals surface area contributed by atoms with Gasteiger partial charge in [-0.05, 0) is 18.6 Å². The second-order valence-electron chi connectivity index (χ2n) is 4.70. The molecule has 7 nitrogen and oxygen atoms in total. The van der Waals surface area contributed by atoms with Crippen LogP contribution in [0, 0.1) is 0 Å². The first-order chi connectivity index (χ1) is 10.6. The van der Waals surface area contributed by atoms with Gasteiger partial charge in [0.15, 0.2) is 0 Å². The SMILES string of the molecule is COC(=O)CCCNC(=O)Cn1c(=O)cnc2ccccc21. The van der Waals surface area contributed by atoms with E-state index in [0.29, 0.717) is 24.0 Å². The molecule has 0 aliphatic rings. The maximum Gasteiger partial charge on any atom is 0.305 e. The quantitative estimate of drug-likeness (QED) is 0.618. The molecule has 1 aromatic carbocycles. The minimum atomic E-state index is -0.330. The molecule has 0 unspecified atom stereocenters. The predicted octanol–water partition coefficient (Wildman–Crippen LogP) is 0.466. The summed E-state index contributed by atoms with van der Waals surface area (Å²) in [5.41, 5.74) is 0.934. The Hall–Kier alpha value is -2.70. The van der Waals surface area contributed by atoms with E-state index in [0.717, 1.165) is 0 Å². The first kappa shape index (κ1) is 15.7. The van der Waals surface area contributed by atoms with Gasteiger partial charge in [-0.3, -0.25) is 19.0 Å². The van der Waals surface area contributed by atoms with E-state index in [1.54, 1.807) is 18.2 Å². The second kappa shape index (κ2) is 7.35. The number of amides is 1. The van der Waals surface area contributed by atoms with Crippen molar-refractivity contribution >= 4 is 22.9 Å². The standard InChI is InChI=1S/C15H17N3O4/c1-22-15(21)7-4-8-16-13(19)10-18-12-6-3-2-5-11(12)17-9-14(18)20/h2-3,5-6,9H,4,7-8,10H2,1H3,(H,16,19). The van der Waals surface area contributed by atoms with Crippen LogP contribution in [0.1, 0.15) is 12.8 Å². The van der Waals surface area contributed by atoms with Gasteiger partial charge in [0.1, 0.15) is 6.54 Å². The molecule has 0 saturated carbocycles. The Bertz CT molecular complexity index is 739. The minimum Gasteiger partial charge on any atom is -0.469 e. The lowest BCUT2D eigenvalue weighted by Gasteiger charge is -2.09. The molecule has 0 spiro atoms. The normalized spacial score (nSPS) is 10.4. The molecule has 0 saturated heterocycles. The number of rotatable bonds is 6. The average Bonchev–Trinajstić information content (AvgIpc) is 2.54. The van der Waals surface area contributed by atoms with Gasteiger partial charge in [-0.2, -0.15) is 0 Å². The van der Waals surface area contributed by atoms with Crippen LogP contribution in [0.15, 0.2) is 35.3 Å². The van der Waals surface area contributed by atoms with Crippen molar-refractivity contribution < 1.29 is 14.3 Å². The van der Waals surface area contributed by atoms with Crippen LogP contribution in [-0.2, 0) is 20.9 Å². The van der Waals surface area contributed by atoms with Crippen molar-refractivity contribution in [3.8, 4) is 0 Å². The number of benzene rings is 1. The molecule has 0 aliphatic carbocycles. The lowest BCUT2D eigenvalue weighted by Crippen LogP contribution is -2.33. The summed E-state index contributed by atoms with van der Waals surface area (Å²) in [4.78, 5) is 38.8. The Kier molecular flexibility index (Phi) is 5.24. The van der Waals surface area contributed by atoms with Crippen molar-refractivity contribution in [3.63, 3.8) is 0 Å². The number of nitrogens with one attached hydrogen (secondary N) is 1. The van der Waals surface area contributed by atoms with E-state index >= 15 is 0 Å². The van der Waals surface area contributed by atoms with Crippen LogP contribution in [-0.4, -0.2) is 35.1 Å². The number of carbonyl (C=O) groups excluding carboxylic acids is 2. The van der Waals surface area contributed by atoms with E-state index in [-0.39, 0.29) is 30.4 Å². The number of methoxy groups -OCH3 is 1. The predicted molar refractivity (Wildman–Crippen MR) is 80.3 cm³/mol. The van der Waals surface area contributed by atoms with Crippen molar-refractivity contribution in [3.05, 3.63) is 40.8 Å². The van der Waals surface area contributed by atoms with Gasteiger partial charge in [-0.1, -0.05) is 12.1 Å².